The molecule has 1 atom stereocenters. The summed E-state index contributed by atoms with van der Waals surface area (Å²) in [6.07, 6.45) is 8.79. The molecule has 2 aromatic rings. The molecule has 1 fully saturated rings. The number of nitrogens with zero attached hydrogens (tertiary/aromatic N) is 6. The van der Waals surface area contributed by atoms with Crippen LogP contribution in [-0.4, -0.2) is 56.5 Å². The Hall–Kier alpha value is -2.44. The van der Waals surface area contributed by atoms with E-state index in [0.29, 0.717) is 19.0 Å². The minimum absolute atomic E-state index is 0.147. The van der Waals surface area contributed by atoms with Crippen molar-refractivity contribution in [3.8, 4) is 0 Å². The summed E-state index contributed by atoms with van der Waals surface area (Å²) in [5, 5.41) is 0. The first-order valence-electron chi connectivity index (χ1n) is 8.40. The number of amides is 1. The van der Waals surface area contributed by atoms with Gasteiger partial charge >= 0.3 is 0 Å². The van der Waals surface area contributed by atoms with Gasteiger partial charge in [0, 0.05) is 56.9 Å². The Morgan fingerprint density at radius 3 is 2.42 bits per heavy atom. The Kier molecular flexibility index (Phi) is 4.78. The number of carbonyl (C=O) groups is 1. The van der Waals surface area contributed by atoms with Crippen molar-refractivity contribution < 1.29 is 4.79 Å². The summed E-state index contributed by atoms with van der Waals surface area (Å²) in [7, 11) is 0. The second-order valence-electron chi connectivity index (χ2n) is 6.40. The number of imidazole rings is 1. The van der Waals surface area contributed by atoms with Crippen LogP contribution in [0.5, 0.6) is 0 Å². The van der Waals surface area contributed by atoms with Gasteiger partial charge in [-0.15, -0.1) is 0 Å². The van der Waals surface area contributed by atoms with E-state index in [4.69, 9.17) is 0 Å². The van der Waals surface area contributed by atoms with Crippen LogP contribution in [0.1, 0.15) is 38.6 Å². The summed E-state index contributed by atoms with van der Waals surface area (Å²) in [6.45, 7) is 9.09. The van der Waals surface area contributed by atoms with Crippen LogP contribution < -0.4 is 4.90 Å². The highest BCUT2D eigenvalue weighted by Crippen LogP contribution is 2.20. The van der Waals surface area contributed by atoms with Gasteiger partial charge in [0.1, 0.15) is 17.7 Å². The molecule has 0 spiro atoms. The van der Waals surface area contributed by atoms with Crippen LogP contribution >= 0.6 is 0 Å². The van der Waals surface area contributed by atoms with E-state index in [-0.39, 0.29) is 11.9 Å². The molecule has 0 saturated carbocycles. The quantitative estimate of drug-likeness (QED) is 0.855. The molecule has 0 unspecified atom stereocenters. The molecule has 7 heteroatoms. The zero-order valence-corrected chi connectivity index (χ0v) is 14.5. The maximum absolute atomic E-state index is 12.8. The lowest BCUT2D eigenvalue weighted by Crippen LogP contribution is -2.50. The SMILES string of the molecule is CC(C)c1nccn1[C@@H](C)C(=O)N1CCN(c2cnccn2)CC1. The summed E-state index contributed by atoms with van der Waals surface area (Å²) >= 11 is 0. The third kappa shape index (κ3) is 3.25. The average Bonchev–Trinajstić information content (AvgIpc) is 3.11. The monoisotopic (exact) mass is 328 g/mol. The van der Waals surface area contributed by atoms with Crippen LogP contribution in [0.15, 0.2) is 31.0 Å². The van der Waals surface area contributed by atoms with E-state index in [0.717, 1.165) is 24.7 Å². The Bertz CT molecular complexity index is 675. The van der Waals surface area contributed by atoms with Crippen molar-refractivity contribution in [2.45, 2.75) is 32.7 Å². The molecule has 1 saturated heterocycles. The van der Waals surface area contributed by atoms with Crippen LogP contribution in [0.25, 0.3) is 0 Å². The Morgan fingerprint density at radius 2 is 1.79 bits per heavy atom. The van der Waals surface area contributed by atoms with Gasteiger partial charge in [0.25, 0.3) is 0 Å². The van der Waals surface area contributed by atoms with Gasteiger partial charge in [-0.05, 0) is 6.92 Å². The molecule has 0 bridgehead atoms. The third-order valence-electron chi connectivity index (χ3n) is 4.45. The van der Waals surface area contributed by atoms with E-state index < -0.39 is 0 Å². The molecular weight excluding hydrogens is 304 g/mol. The van der Waals surface area contributed by atoms with Crippen LogP contribution in [0.3, 0.4) is 0 Å². The zero-order valence-electron chi connectivity index (χ0n) is 14.5. The van der Waals surface area contributed by atoms with Crippen molar-refractivity contribution in [3.63, 3.8) is 0 Å². The molecule has 0 aliphatic carbocycles. The molecule has 24 heavy (non-hydrogen) atoms. The molecular formula is C17H24N6O. The van der Waals surface area contributed by atoms with Crippen LogP contribution in [0.2, 0.25) is 0 Å². The van der Waals surface area contributed by atoms with Gasteiger partial charge in [-0.1, -0.05) is 13.8 Å². The summed E-state index contributed by atoms with van der Waals surface area (Å²) in [6, 6.07) is -0.229. The van der Waals surface area contributed by atoms with Crippen molar-refractivity contribution in [1.82, 2.24) is 24.4 Å². The molecule has 1 amide bonds. The van der Waals surface area contributed by atoms with Crippen LogP contribution in [-0.2, 0) is 4.79 Å². The van der Waals surface area contributed by atoms with Crippen molar-refractivity contribution in [1.29, 1.82) is 0 Å². The molecule has 2 aromatic heterocycles. The topological polar surface area (TPSA) is 67.2 Å². The maximum Gasteiger partial charge on any atom is 0.245 e. The largest absolute Gasteiger partial charge is 0.352 e. The maximum atomic E-state index is 12.8. The van der Waals surface area contributed by atoms with E-state index in [1.165, 1.54) is 0 Å². The van der Waals surface area contributed by atoms with Gasteiger partial charge in [-0.2, -0.15) is 0 Å². The van der Waals surface area contributed by atoms with Crippen molar-refractivity contribution >= 4 is 11.7 Å². The minimum atomic E-state index is -0.229. The van der Waals surface area contributed by atoms with Crippen LogP contribution in [0, 0.1) is 0 Å². The lowest BCUT2D eigenvalue weighted by atomic mass is 10.2. The second-order valence-corrected chi connectivity index (χ2v) is 6.40. The predicted molar refractivity (Wildman–Crippen MR) is 91.9 cm³/mol. The molecule has 128 valence electrons. The van der Waals surface area contributed by atoms with Gasteiger partial charge in [0.15, 0.2) is 0 Å². The van der Waals surface area contributed by atoms with Gasteiger partial charge in [-0.3, -0.25) is 9.78 Å². The fraction of sp³-hybridized carbons (Fsp3) is 0.529. The summed E-state index contributed by atoms with van der Waals surface area (Å²) in [5.41, 5.74) is 0. The normalized spacial score (nSPS) is 16.5. The van der Waals surface area contributed by atoms with Crippen molar-refractivity contribution in [2.75, 3.05) is 31.1 Å². The number of aromatic nitrogens is 4. The van der Waals surface area contributed by atoms with E-state index in [2.05, 4.69) is 33.7 Å². The molecule has 0 radical (unpaired) electrons. The summed E-state index contributed by atoms with van der Waals surface area (Å²) in [5.74, 6) is 2.26. The number of rotatable bonds is 4. The average molecular weight is 328 g/mol. The zero-order chi connectivity index (χ0) is 17.1. The molecule has 0 N–H and O–H groups in total. The summed E-state index contributed by atoms with van der Waals surface area (Å²) < 4.78 is 1.99. The first-order chi connectivity index (χ1) is 11.6. The van der Waals surface area contributed by atoms with E-state index in [1.807, 2.05) is 22.6 Å². The molecule has 7 nitrogen and oxygen atoms in total. The molecule has 3 rings (SSSR count). The van der Waals surface area contributed by atoms with Gasteiger partial charge < -0.3 is 14.4 Å². The Balaban J connectivity index is 1.63. The molecule has 3 heterocycles. The number of piperazine rings is 1. The number of carbonyl (C=O) groups excluding carboxylic acids is 1. The number of anilines is 1. The van der Waals surface area contributed by atoms with E-state index in [1.54, 1.807) is 24.8 Å². The third-order valence-corrected chi connectivity index (χ3v) is 4.45. The smallest absolute Gasteiger partial charge is 0.245 e. The van der Waals surface area contributed by atoms with Crippen molar-refractivity contribution in [2.24, 2.45) is 0 Å². The van der Waals surface area contributed by atoms with Gasteiger partial charge in [0.05, 0.1) is 6.20 Å². The van der Waals surface area contributed by atoms with E-state index in [9.17, 15) is 4.79 Å². The molecule has 0 aromatic carbocycles. The summed E-state index contributed by atoms with van der Waals surface area (Å²) in [4.78, 5) is 29.8. The Labute approximate surface area is 142 Å². The van der Waals surface area contributed by atoms with E-state index >= 15 is 0 Å². The highest BCUT2D eigenvalue weighted by atomic mass is 16.2. The standard InChI is InChI=1S/C17H24N6O/c1-13(2)16-20-6-7-23(16)14(3)17(24)22-10-8-21(9-11-22)15-12-18-4-5-19-15/h4-7,12-14H,8-11H2,1-3H3/t14-/m0/s1. The van der Waals surface area contributed by atoms with Gasteiger partial charge in [0.2, 0.25) is 5.91 Å². The lowest BCUT2D eigenvalue weighted by Gasteiger charge is -2.36. The fourth-order valence-electron chi connectivity index (χ4n) is 3.09. The highest BCUT2D eigenvalue weighted by molar-refractivity contribution is 5.80. The highest BCUT2D eigenvalue weighted by Gasteiger charge is 2.27. The predicted octanol–water partition coefficient (Wildman–Crippen LogP) is 1.71. The van der Waals surface area contributed by atoms with Gasteiger partial charge in [-0.25, -0.2) is 9.97 Å². The Morgan fingerprint density at radius 1 is 1.04 bits per heavy atom. The fourth-order valence-corrected chi connectivity index (χ4v) is 3.09. The number of hydrogen-bond acceptors (Lipinski definition) is 5. The second kappa shape index (κ2) is 6.98. The van der Waals surface area contributed by atoms with Crippen molar-refractivity contribution in [3.05, 3.63) is 36.8 Å². The first kappa shape index (κ1) is 16.4. The molecule has 1 aliphatic heterocycles. The minimum Gasteiger partial charge on any atom is -0.352 e. The first-order valence-corrected chi connectivity index (χ1v) is 8.40. The number of hydrogen-bond donors (Lipinski definition) is 0. The molecule has 1 aliphatic rings. The van der Waals surface area contributed by atoms with Crippen LogP contribution in [0.4, 0.5) is 5.82 Å². The lowest BCUT2D eigenvalue weighted by molar-refractivity contribution is -0.134.